The van der Waals surface area contributed by atoms with E-state index in [1.54, 1.807) is 35.2 Å². The molecule has 1 N–H and O–H groups in total. The fourth-order valence-electron chi connectivity index (χ4n) is 1.77. The smallest absolute Gasteiger partial charge is 0.240 e. The molecule has 118 valence electrons. The number of hydrogen-bond acceptors (Lipinski definition) is 5. The molecule has 0 aliphatic heterocycles. The highest BCUT2D eigenvalue weighted by Crippen LogP contribution is 2.13. The summed E-state index contributed by atoms with van der Waals surface area (Å²) in [5.41, 5.74) is 1.42. The predicted octanol–water partition coefficient (Wildman–Crippen LogP) is 1.93. The van der Waals surface area contributed by atoms with Crippen LogP contribution in [-0.4, -0.2) is 32.5 Å². The second-order valence-corrected chi connectivity index (χ2v) is 7.99. The van der Waals surface area contributed by atoms with Crippen LogP contribution >= 0.6 is 22.6 Å². The lowest BCUT2D eigenvalue weighted by molar-refractivity contribution is 0.580. The summed E-state index contributed by atoms with van der Waals surface area (Å²) in [5, 5.41) is 0. The van der Waals surface area contributed by atoms with Crippen molar-refractivity contribution < 1.29 is 8.42 Å². The maximum Gasteiger partial charge on any atom is 0.240 e. The number of rotatable bonds is 5. The van der Waals surface area contributed by atoms with Crippen LogP contribution in [0.5, 0.6) is 0 Å². The van der Waals surface area contributed by atoms with Crippen molar-refractivity contribution in [1.29, 1.82) is 0 Å². The third kappa shape index (κ3) is 4.37. The van der Waals surface area contributed by atoms with Crippen molar-refractivity contribution in [3.8, 4) is 0 Å². The molecule has 2 aromatic rings. The van der Waals surface area contributed by atoms with Crippen molar-refractivity contribution in [2.45, 2.75) is 18.4 Å². The molecule has 1 heterocycles. The van der Waals surface area contributed by atoms with Gasteiger partial charge in [0.25, 0.3) is 0 Å². The van der Waals surface area contributed by atoms with E-state index in [0.717, 1.165) is 9.26 Å². The van der Waals surface area contributed by atoms with Crippen LogP contribution < -0.4 is 9.62 Å². The Labute approximate surface area is 144 Å². The molecule has 1 aromatic heterocycles. The SMILES string of the molecule is Cc1cc(CNS(=O)(=O)c2ccc(I)cc2)nc(N(C)C)n1. The number of hydrogen-bond donors (Lipinski definition) is 1. The van der Waals surface area contributed by atoms with Crippen LogP contribution in [0.4, 0.5) is 5.95 Å². The molecule has 0 aliphatic carbocycles. The van der Waals surface area contributed by atoms with E-state index in [9.17, 15) is 8.42 Å². The van der Waals surface area contributed by atoms with Gasteiger partial charge in [0.05, 0.1) is 17.1 Å². The van der Waals surface area contributed by atoms with Gasteiger partial charge in [-0.25, -0.2) is 23.1 Å². The summed E-state index contributed by atoms with van der Waals surface area (Å²) < 4.78 is 28.1. The molecule has 2 rings (SSSR count). The second kappa shape index (κ2) is 6.88. The number of nitrogens with zero attached hydrogens (tertiary/aromatic N) is 3. The molecule has 0 amide bonds. The molecule has 0 fully saturated rings. The Morgan fingerprint density at radius 3 is 2.41 bits per heavy atom. The summed E-state index contributed by atoms with van der Waals surface area (Å²) in [6.07, 6.45) is 0. The van der Waals surface area contributed by atoms with Gasteiger partial charge in [0.2, 0.25) is 16.0 Å². The Hall–Kier alpha value is -1.26. The number of halogens is 1. The van der Waals surface area contributed by atoms with Crippen LogP contribution in [-0.2, 0) is 16.6 Å². The van der Waals surface area contributed by atoms with E-state index in [1.807, 2.05) is 21.0 Å². The summed E-state index contributed by atoms with van der Waals surface area (Å²) in [6.45, 7) is 1.98. The largest absolute Gasteiger partial charge is 0.347 e. The standard InChI is InChI=1S/C14H17IN4O2S/c1-10-8-12(18-14(17-10)19(2)3)9-16-22(20,21)13-6-4-11(15)5-7-13/h4-8,16H,9H2,1-3H3. The molecule has 22 heavy (non-hydrogen) atoms. The quantitative estimate of drug-likeness (QED) is 0.732. The fraction of sp³-hybridized carbons (Fsp3) is 0.286. The maximum absolute atomic E-state index is 12.3. The number of nitrogens with one attached hydrogen (secondary N) is 1. The van der Waals surface area contributed by atoms with Crippen LogP contribution in [0.2, 0.25) is 0 Å². The van der Waals surface area contributed by atoms with Gasteiger partial charge < -0.3 is 4.90 Å². The molecule has 0 radical (unpaired) electrons. The van der Waals surface area contributed by atoms with Gasteiger partial charge in [-0.15, -0.1) is 0 Å². The first-order valence-electron chi connectivity index (χ1n) is 6.55. The highest BCUT2D eigenvalue weighted by Gasteiger charge is 2.14. The lowest BCUT2D eigenvalue weighted by Crippen LogP contribution is -2.24. The van der Waals surface area contributed by atoms with E-state index in [4.69, 9.17) is 0 Å². The van der Waals surface area contributed by atoms with Gasteiger partial charge in [-0.1, -0.05) is 0 Å². The summed E-state index contributed by atoms with van der Waals surface area (Å²) in [5.74, 6) is 0.559. The minimum absolute atomic E-state index is 0.124. The van der Waals surface area contributed by atoms with Crippen LogP contribution in [0, 0.1) is 10.5 Å². The monoisotopic (exact) mass is 432 g/mol. The van der Waals surface area contributed by atoms with Gasteiger partial charge in [-0.3, -0.25) is 0 Å². The lowest BCUT2D eigenvalue weighted by atomic mass is 10.3. The second-order valence-electron chi connectivity index (χ2n) is 4.97. The number of sulfonamides is 1. The fourth-order valence-corrected chi connectivity index (χ4v) is 3.13. The number of aryl methyl sites for hydroxylation is 1. The average Bonchev–Trinajstić information content (AvgIpc) is 2.45. The Morgan fingerprint density at radius 1 is 1.18 bits per heavy atom. The summed E-state index contributed by atoms with van der Waals surface area (Å²) in [6, 6.07) is 8.45. The molecular weight excluding hydrogens is 415 g/mol. The highest BCUT2D eigenvalue weighted by atomic mass is 127. The van der Waals surface area contributed by atoms with Gasteiger partial charge in [0.15, 0.2) is 0 Å². The lowest BCUT2D eigenvalue weighted by Gasteiger charge is -2.13. The van der Waals surface area contributed by atoms with E-state index in [0.29, 0.717) is 11.6 Å². The van der Waals surface area contributed by atoms with Crippen molar-refractivity contribution in [2.75, 3.05) is 19.0 Å². The minimum Gasteiger partial charge on any atom is -0.347 e. The minimum atomic E-state index is -3.55. The van der Waals surface area contributed by atoms with Crippen molar-refractivity contribution >= 4 is 38.6 Å². The first kappa shape index (κ1) is 17.1. The predicted molar refractivity (Wildman–Crippen MR) is 94.3 cm³/mol. The van der Waals surface area contributed by atoms with Crippen LogP contribution in [0.15, 0.2) is 35.2 Å². The van der Waals surface area contributed by atoms with Gasteiger partial charge in [-0.05, 0) is 59.8 Å². The number of benzene rings is 1. The van der Waals surface area contributed by atoms with Crippen LogP contribution in [0.25, 0.3) is 0 Å². The third-order valence-electron chi connectivity index (χ3n) is 2.86. The molecular formula is C14H17IN4O2S. The number of aromatic nitrogens is 2. The van der Waals surface area contributed by atoms with E-state index in [1.165, 1.54) is 0 Å². The molecule has 0 saturated carbocycles. The normalized spacial score (nSPS) is 11.5. The van der Waals surface area contributed by atoms with Crippen molar-refractivity contribution in [3.05, 3.63) is 45.3 Å². The van der Waals surface area contributed by atoms with Crippen LogP contribution in [0.1, 0.15) is 11.4 Å². The van der Waals surface area contributed by atoms with Crippen molar-refractivity contribution in [1.82, 2.24) is 14.7 Å². The zero-order valence-corrected chi connectivity index (χ0v) is 15.5. The Morgan fingerprint density at radius 2 is 1.82 bits per heavy atom. The summed E-state index contributed by atoms with van der Waals surface area (Å²) >= 11 is 2.13. The van der Waals surface area contributed by atoms with Crippen LogP contribution in [0.3, 0.4) is 0 Å². The Balaban J connectivity index is 2.17. The number of anilines is 1. The van der Waals surface area contributed by atoms with Gasteiger partial charge >= 0.3 is 0 Å². The molecule has 0 bridgehead atoms. The molecule has 0 aliphatic rings. The molecule has 0 atom stereocenters. The van der Waals surface area contributed by atoms with E-state index in [2.05, 4.69) is 37.3 Å². The summed E-state index contributed by atoms with van der Waals surface area (Å²) in [7, 11) is 0.135. The maximum atomic E-state index is 12.3. The molecule has 0 saturated heterocycles. The van der Waals surface area contributed by atoms with E-state index >= 15 is 0 Å². The molecule has 6 nitrogen and oxygen atoms in total. The summed E-state index contributed by atoms with van der Waals surface area (Å²) in [4.78, 5) is 10.6. The molecule has 8 heteroatoms. The molecule has 0 unspecified atom stereocenters. The third-order valence-corrected chi connectivity index (χ3v) is 5.00. The first-order valence-corrected chi connectivity index (χ1v) is 9.11. The average molecular weight is 432 g/mol. The topological polar surface area (TPSA) is 75.2 Å². The van der Waals surface area contributed by atoms with Gasteiger partial charge in [0.1, 0.15) is 0 Å². The Kier molecular flexibility index (Phi) is 5.35. The zero-order valence-electron chi connectivity index (χ0n) is 12.5. The van der Waals surface area contributed by atoms with E-state index in [-0.39, 0.29) is 11.4 Å². The van der Waals surface area contributed by atoms with Crippen molar-refractivity contribution in [2.24, 2.45) is 0 Å². The first-order chi connectivity index (χ1) is 10.3. The highest BCUT2D eigenvalue weighted by molar-refractivity contribution is 14.1. The molecule has 0 spiro atoms. The Bertz CT molecular complexity index is 761. The zero-order chi connectivity index (χ0) is 16.3. The van der Waals surface area contributed by atoms with E-state index < -0.39 is 10.0 Å². The van der Waals surface area contributed by atoms with Gasteiger partial charge in [0, 0.05) is 23.4 Å². The molecule has 1 aromatic carbocycles. The van der Waals surface area contributed by atoms with Gasteiger partial charge in [-0.2, -0.15) is 0 Å². The van der Waals surface area contributed by atoms with Crippen molar-refractivity contribution in [3.63, 3.8) is 0 Å².